The molecule has 1 saturated heterocycles. The van der Waals surface area contributed by atoms with Crippen molar-refractivity contribution in [3.05, 3.63) is 40.0 Å². The second kappa shape index (κ2) is 6.25. The molecule has 0 aromatic carbocycles. The number of fused-ring (bicyclic) bond motifs is 2. The molecular formula is C18H20N4O4S. The van der Waals surface area contributed by atoms with Crippen LogP contribution in [0.2, 0.25) is 0 Å². The van der Waals surface area contributed by atoms with E-state index in [2.05, 4.69) is 23.0 Å². The van der Waals surface area contributed by atoms with Crippen LogP contribution in [0.5, 0.6) is 0 Å². The minimum atomic E-state index is -1.11. The number of ether oxygens (including phenoxy) is 2. The molecule has 1 fully saturated rings. The predicted octanol–water partition coefficient (Wildman–Crippen LogP) is 1.32. The van der Waals surface area contributed by atoms with Crippen molar-refractivity contribution in [1.82, 2.24) is 14.5 Å². The van der Waals surface area contributed by atoms with E-state index >= 15 is 0 Å². The summed E-state index contributed by atoms with van der Waals surface area (Å²) in [7, 11) is 0. The number of hydrogen-bond acceptors (Lipinski definition) is 8. The fraction of sp³-hybridized carbons (Fsp3) is 0.444. The summed E-state index contributed by atoms with van der Waals surface area (Å²) in [5.41, 5.74) is 7.68. The van der Waals surface area contributed by atoms with E-state index in [9.17, 15) is 10.2 Å². The third-order valence-corrected chi connectivity index (χ3v) is 6.43. The first-order valence-corrected chi connectivity index (χ1v) is 9.65. The van der Waals surface area contributed by atoms with Gasteiger partial charge in [-0.25, -0.2) is 9.97 Å². The van der Waals surface area contributed by atoms with Crippen molar-refractivity contribution in [2.75, 3.05) is 12.3 Å². The van der Waals surface area contributed by atoms with Crippen molar-refractivity contribution in [1.29, 1.82) is 0 Å². The Morgan fingerprint density at radius 2 is 2.15 bits per heavy atom. The minimum Gasteiger partial charge on any atom is -0.387 e. The molecule has 0 spiro atoms. The summed E-state index contributed by atoms with van der Waals surface area (Å²) in [6.45, 7) is 2.62. The summed E-state index contributed by atoms with van der Waals surface area (Å²) < 4.78 is 13.8. The van der Waals surface area contributed by atoms with E-state index in [4.69, 9.17) is 15.2 Å². The van der Waals surface area contributed by atoms with Gasteiger partial charge in [-0.2, -0.15) is 0 Å². The molecule has 0 aliphatic carbocycles. The number of nitrogen functional groups attached to an aromatic ring is 1. The third-order valence-electron chi connectivity index (χ3n) is 5.28. The van der Waals surface area contributed by atoms with E-state index in [1.807, 2.05) is 0 Å². The SMILES string of the molecule is Cc1cc2c(s1)[C@@H]([C@H]1O[C@@H](n3ccc4c(N)ncnc43)[C@H](O)[C@@H]1O)OCC2. The molecule has 4 N–H and O–H groups in total. The first-order valence-electron chi connectivity index (χ1n) is 8.84. The molecule has 27 heavy (non-hydrogen) atoms. The molecular weight excluding hydrogens is 368 g/mol. The Bertz CT molecular complexity index is 1000. The molecule has 0 unspecified atom stereocenters. The van der Waals surface area contributed by atoms with Crippen molar-refractivity contribution >= 4 is 28.2 Å². The third kappa shape index (κ3) is 2.58. The predicted molar refractivity (Wildman–Crippen MR) is 99.3 cm³/mol. The zero-order valence-corrected chi connectivity index (χ0v) is 15.5. The molecule has 0 radical (unpaired) electrons. The number of rotatable bonds is 2. The smallest absolute Gasteiger partial charge is 0.164 e. The molecule has 2 aliphatic rings. The van der Waals surface area contributed by atoms with Gasteiger partial charge >= 0.3 is 0 Å². The summed E-state index contributed by atoms with van der Waals surface area (Å²) in [5, 5.41) is 22.1. The average molecular weight is 388 g/mol. The van der Waals surface area contributed by atoms with Gasteiger partial charge in [0.1, 0.15) is 42.2 Å². The molecule has 3 aromatic rings. The molecule has 3 aromatic heterocycles. The lowest BCUT2D eigenvalue weighted by molar-refractivity contribution is -0.112. The number of anilines is 1. The summed E-state index contributed by atoms with van der Waals surface area (Å²) in [5.74, 6) is 0.359. The first-order chi connectivity index (χ1) is 13.0. The number of aromatic nitrogens is 3. The van der Waals surface area contributed by atoms with Crippen molar-refractivity contribution in [2.24, 2.45) is 0 Å². The normalized spacial score (nSPS) is 30.7. The summed E-state index contributed by atoms with van der Waals surface area (Å²) in [4.78, 5) is 10.5. The van der Waals surface area contributed by atoms with Crippen LogP contribution in [-0.4, -0.2) is 49.7 Å². The number of nitrogens with zero attached hydrogens (tertiary/aromatic N) is 3. The van der Waals surface area contributed by atoms with Crippen molar-refractivity contribution in [3.63, 3.8) is 0 Å². The lowest BCUT2D eigenvalue weighted by atomic mass is 9.99. The Kier molecular flexibility index (Phi) is 3.95. The Morgan fingerprint density at radius 3 is 3.00 bits per heavy atom. The molecule has 142 valence electrons. The highest BCUT2D eigenvalue weighted by atomic mass is 32.1. The first kappa shape index (κ1) is 17.1. The van der Waals surface area contributed by atoms with Crippen molar-refractivity contribution in [2.45, 2.75) is 44.0 Å². The highest BCUT2D eigenvalue weighted by molar-refractivity contribution is 7.12. The molecule has 5 atom stereocenters. The van der Waals surface area contributed by atoms with E-state index in [1.165, 1.54) is 16.8 Å². The Balaban J connectivity index is 1.50. The van der Waals surface area contributed by atoms with Gasteiger partial charge in [0, 0.05) is 16.0 Å². The summed E-state index contributed by atoms with van der Waals surface area (Å²) >= 11 is 1.65. The van der Waals surface area contributed by atoms with E-state index in [0.717, 1.165) is 11.3 Å². The van der Waals surface area contributed by atoms with E-state index < -0.39 is 30.6 Å². The Morgan fingerprint density at radius 1 is 1.30 bits per heavy atom. The van der Waals surface area contributed by atoms with Crippen LogP contribution in [0.3, 0.4) is 0 Å². The number of aliphatic hydroxyl groups excluding tert-OH is 2. The number of nitrogens with two attached hydrogens (primary N) is 1. The lowest BCUT2D eigenvalue weighted by Crippen LogP contribution is -2.37. The van der Waals surface area contributed by atoms with Crippen molar-refractivity contribution in [3.8, 4) is 0 Å². The Labute approximate surface area is 159 Å². The number of thiophene rings is 1. The van der Waals surface area contributed by atoms with E-state index in [-0.39, 0.29) is 0 Å². The van der Waals surface area contributed by atoms with Crippen LogP contribution in [-0.2, 0) is 15.9 Å². The molecule has 9 heteroatoms. The van der Waals surface area contributed by atoms with Gasteiger partial charge in [0.05, 0.1) is 12.0 Å². The fourth-order valence-corrected chi connectivity index (χ4v) is 5.16. The quantitative estimate of drug-likeness (QED) is 0.606. The molecule has 5 heterocycles. The van der Waals surface area contributed by atoms with Gasteiger partial charge in [0.15, 0.2) is 6.23 Å². The van der Waals surface area contributed by atoms with Crippen LogP contribution in [0.15, 0.2) is 24.7 Å². The van der Waals surface area contributed by atoms with Gasteiger partial charge < -0.3 is 30.0 Å². The molecule has 0 amide bonds. The van der Waals surface area contributed by atoms with Crippen LogP contribution < -0.4 is 5.73 Å². The van der Waals surface area contributed by atoms with Gasteiger partial charge in [0.2, 0.25) is 0 Å². The maximum Gasteiger partial charge on any atom is 0.164 e. The second-order valence-electron chi connectivity index (χ2n) is 6.98. The lowest BCUT2D eigenvalue weighted by Gasteiger charge is -2.29. The van der Waals surface area contributed by atoms with E-state index in [0.29, 0.717) is 23.5 Å². The van der Waals surface area contributed by atoms with Gasteiger partial charge in [-0.15, -0.1) is 11.3 Å². The number of hydrogen-bond donors (Lipinski definition) is 3. The van der Waals surface area contributed by atoms with Crippen LogP contribution in [0.1, 0.15) is 27.6 Å². The number of aryl methyl sites for hydroxylation is 1. The second-order valence-corrected chi connectivity index (χ2v) is 8.27. The van der Waals surface area contributed by atoms with Gasteiger partial charge in [-0.05, 0) is 31.0 Å². The molecule has 5 rings (SSSR count). The van der Waals surface area contributed by atoms with Gasteiger partial charge in [-0.1, -0.05) is 0 Å². The highest BCUT2D eigenvalue weighted by Crippen LogP contribution is 2.43. The minimum absolute atomic E-state index is 0.359. The molecule has 0 saturated carbocycles. The van der Waals surface area contributed by atoms with E-state index in [1.54, 1.807) is 28.2 Å². The molecule has 8 nitrogen and oxygen atoms in total. The topological polar surface area (TPSA) is 116 Å². The summed E-state index contributed by atoms with van der Waals surface area (Å²) in [6.07, 6.45) is -0.0881. The highest BCUT2D eigenvalue weighted by Gasteiger charge is 2.49. The molecule has 0 bridgehead atoms. The zero-order chi connectivity index (χ0) is 18.7. The number of aliphatic hydroxyl groups is 2. The maximum atomic E-state index is 10.7. The van der Waals surface area contributed by atoms with Crippen LogP contribution in [0.25, 0.3) is 11.0 Å². The maximum absolute atomic E-state index is 10.7. The van der Waals surface area contributed by atoms with Crippen LogP contribution in [0.4, 0.5) is 5.82 Å². The van der Waals surface area contributed by atoms with Gasteiger partial charge in [-0.3, -0.25) is 0 Å². The fourth-order valence-electron chi connectivity index (χ4n) is 4.00. The average Bonchev–Trinajstić information content (AvgIpc) is 3.32. The largest absolute Gasteiger partial charge is 0.387 e. The van der Waals surface area contributed by atoms with Crippen molar-refractivity contribution < 1.29 is 19.7 Å². The zero-order valence-electron chi connectivity index (χ0n) is 14.6. The van der Waals surface area contributed by atoms with Gasteiger partial charge in [0.25, 0.3) is 0 Å². The monoisotopic (exact) mass is 388 g/mol. The molecule has 2 aliphatic heterocycles. The summed E-state index contributed by atoms with van der Waals surface area (Å²) in [6, 6.07) is 3.93. The standard InChI is InChI=1S/C18H20N4O4S/c1-8-6-9-3-5-25-14(15(9)27-8)13-11(23)12(24)18(26-13)22-4-2-10-16(19)20-7-21-17(10)22/h2,4,6-7,11-14,18,23-24H,3,5H2,1H3,(H2,19,20,21)/t11-,12+,13-,14+,18+/m0/s1. The van der Waals surface area contributed by atoms with Crippen LogP contribution in [0, 0.1) is 6.92 Å². The Hall–Kier alpha value is -2.04. The van der Waals surface area contributed by atoms with Crippen LogP contribution >= 0.6 is 11.3 Å².